The topological polar surface area (TPSA) is 151 Å². The Kier molecular flexibility index (Phi) is 10.6. The summed E-state index contributed by atoms with van der Waals surface area (Å²) in [4.78, 5) is 25.9. The molecule has 0 saturated heterocycles. The molecular weight excluding hydrogens is 725 g/mol. The molecule has 53 heavy (non-hydrogen) atoms. The molecule has 0 spiro atoms. The molecule has 10 nitrogen and oxygen atoms in total. The van der Waals surface area contributed by atoms with Crippen molar-refractivity contribution in [1.82, 2.24) is 9.88 Å². The van der Waals surface area contributed by atoms with Gasteiger partial charge in [-0.25, -0.2) is 13.2 Å². The van der Waals surface area contributed by atoms with Crippen LogP contribution < -0.4 is 10.5 Å². The summed E-state index contributed by atoms with van der Waals surface area (Å²) in [7, 11) is -4.18. The number of hydrogen-bond acceptors (Lipinski definition) is 10. The van der Waals surface area contributed by atoms with Crippen molar-refractivity contribution in [2.45, 2.75) is 107 Å². The van der Waals surface area contributed by atoms with Gasteiger partial charge in [0.2, 0.25) is 5.76 Å². The van der Waals surface area contributed by atoms with Crippen LogP contribution in [0.2, 0.25) is 0 Å². The van der Waals surface area contributed by atoms with Gasteiger partial charge in [-0.15, -0.1) is 11.3 Å². The van der Waals surface area contributed by atoms with Gasteiger partial charge in [-0.05, 0) is 76.6 Å². The highest BCUT2D eigenvalue weighted by atomic mass is 32.2. The van der Waals surface area contributed by atoms with E-state index in [4.69, 9.17) is 19.7 Å². The summed E-state index contributed by atoms with van der Waals surface area (Å²) in [6.07, 6.45) is 0. The van der Waals surface area contributed by atoms with E-state index in [0.29, 0.717) is 11.8 Å². The van der Waals surface area contributed by atoms with Gasteiger partial charge in [0.1, 0.15) is 32.2 Å². The summed E-state index contributed by atoms with van der Waals surface area (Å²) in [5, 5.41) is 3.63. The minimum atomic E-state index is -4.18. The molecule has 2 aliphatic rings. The zero-order valence-electron chi connectivity index (χ0n) is 31.3. The second-order valence-corrected chi connectivity index (χ2v) is 18.8. The minimum absolute atomic E-state index is 0.0635. The molecule has 2 saturated carbocycles. The lowest BCUT2D eigenvalue weighted by molar-refractivity contribution is -0.159. The van der Waals surface area contributed by atoms with Crippen molar-refractivity contribution < 1.29 is 40.8 Å². The number of sulfonamides is 1. The second kappa shape index (κ2) is 14.0. The number of alkyl halides is 2. The predicted molar refractivity (Wildman–Crippen MR) is 198 cm³/mol. The van der Waals surface area contributed by atoms with Crippen LogP contribution in [0.25, 0.3) is 10.6 Å². The van der Waals surface area contributed by atoms with Crippen LogP contribution in [-0.2, 0) is 35.0 Å². The summed E-state index contributed by atoms with van der Waals surface area (Å²) in [5.74, 6) is -5.38. The molecule has 6 atom stereocenters. The van der Waals surface area contributed by atoms with Crippen molar-refractivity contribution in [3.8, 4) is 10.6 Å². The number of aromatic nitrogens is 1. The number of ether oxygens (including phenoxy) is 2. The summed E-state index contributed by atoms with van der Waals surface area (Å²) >= 11 is 0.839. The van der Waals surface area contributed by atoms with Crippen molar-refractivity contribution in [3.05, 3.63) is 95.7 Å². The fraction of sp³-hybridized carbons (Fsp3) is 0.462. The first kappa shape index (κ1) is 40.2. The van der Waals surface area contributed by atoms with Crippen LogP contribution in [0.1, 0.15) is 91.0 Å². The van der Waals surface area contributed by atoms with E-state index in [2.05, 4.69) is 9.88 Å². The standard InChI is InChI=1S/C24H26F2N2O5S2.C15H21NO2/c1-14-20(15-9-7-6-8-10-15)24(14,21(29)32-22(2,3)4)28-35(30,31)19-12-11-17(34-19)16-13-18(33-27-16)23(5,25)26;1-10-12(11-8-6-5-7-9-11)15(10,16)13(17)18-14(2,3)4/h6-14,20,28H,1-5H3;5-10,12H,16H2,1-4H3/t14?,20-,24+;10?,12-,15+/m11/s1. The zero-order chi connectivity index (χ0) is 39.4. The zero-order valence-corrected chi connectivity index (χ0v) is 32.9. The second-order valence-electron chi connectivity index (χ2n) is 15.8. The molecule has 0 aliphatic heterocycles. The molecule has 0 radical (unpaired) electrons. The maximum atomic E-state index is 13.5. The third-order valence-corrected chi connectivity index (χ3v) is 12.5. The first-order valence-electron chi connectivity index (χ1n) is 17.3. The Hall–Kier alpha value is -3.98. The van der Waals surface area contributed by atoms with E-state index in [0.717, 1.165) is 28.5 Å². The van der Waals surface area contributed by atoms with Crippen LogP contribution in [0.15, 0.2) is 87.6 Å². The van der Waals surface area contributed by atoms with Crippen molar-refractivity contribution in [1.29, 1.82) is 0 Å². The Bertz CT molecular complexity index is 2050. The highest BCUT2D eigenvalue weighted by Gasteiger charge is 2.71. The van der Waals surface area contributed by atoms with Crippen LogP contribution in [0.3, 0.4) is 0 Å². The highest BCUT2D eigenvalue weighted by Crippen LogP contribution is 2.59. The van der Waals surface area contributed by atoms with Gasteiger partial charge in [-0.1, -0.05) is 79.7 Å². The van der Waals surface area contributed by atoms with Crippen LogP contribution >= 0.6 is 11.3 Å². The molecule has 2 aliphatic carbocycles. The number of hydrogen-bond donors (Lipinski definition) is 2. The van der Waals surface area contributed by atoms with Gasteiger partial charge in [0.25, 0.3) is 10.0 Å². The van der Waals surface area contributed by atoms with Gasteiger partial charge in [0, 0.05) is 24.8 Å². The summed E-state index contributed by atoms with van der Waals surface area (Å²) in [6.45, 7) is 15.2. The number of halogens is 2. The Morgan fingerprint density at radius 1 is 0.811 bits per heavy atom. The summed E-state index contributed by atoms with van der Waals surface area (Å²) in [5.41, 5.74) is 4.60. The fourth-order valence-corrected chi connectivity index (χ4v) is 9.32. The lowest BCUT2D eigenvalue weighted by Gasteiger charge is -2.25. The largest absolute Gasteiger partial charge is 0.459 e. The number of rotatable bonds is 9. The van der Waals surface area contributed by atoms with Crippen LogP contribution in [0, 0.1) is 11.8 Å². The molecule has 0 amide bonds. The van der Waals surface area contributed by atoms with Gasteiger partial charge in [0.05, 0.1) is 4.88 Å². The quantitative estimate of drug-likeness (QED) is 0.163. The van der Waals surface area contributed by atoms with Crippen LogP contribution in [-0.4, -0.2) is 47.8 Å². The molecule has 286 valence electrons. The van der Waals surface area contributed by atoms with Crippen molar-refractivity contribution in [2.24, 2.45) is 17.6 Å². The van der Waals surface area contributed by atoms with E-state index in [9.17, 15) is 26.8 Å². The van der Waals surface area contributed by atoms with E-state index >= 15 is 0 Å². The number of nitrogens with two attached hydrogens (primary N) is 1. The van der Waals surface area contributed by atoms with Crippen molar-refractivity contribution in [2.75, 3.05) is 0 Å². The number of nitrogens with one attached hydrogen (secondary N) is 1. The van der Waals surface area contributed by atoms with Crippen LogP contribution in [0.5, 0.6) is 0 Å². The monoisotopic (exact) mass is 771 g/mol. The molecule has 2 heterocycles. The number of carbonyl (C=O) groups excluding carboxylic acids is 2. The molecule has 2 unspecified atom stereocenters. The van der Waals surface area contributed by atoms with Gasteiger partial charge >= 0.3 is 17.9 Å². The third kappa shape index (κ3) is 8.40. The summed E-state index contributed by atoms with van der Waals surface area (Å²) in [6, 6.07) is 23.0. The molecule has 2 aromatic heterocycles. The lowest BCUT2D eigenvalue weighted by Crippen LogP contribution is -2.48. The number of benzene rings is 2. The van der Waals surface area contributed by atoms with Crippen molar-refractivity contribution >= 4 is 33.3 Å². The smallest absolute Gasteiger partial charge is 0.328 e. The Balaban J connectivity index is 0.000000252. The fourth-order valence-electron chi connectivity index (χ4n) is 6.61. The molecule has 2 aromatic carbocycles. The number of esters is 2. The van der Waals surface area contributed by atoms with E-state index in [1.54, 1.807) is 27.7 Å². The summed E-state index contributed by atoms with van der Waals surface area (Å²) < 4.78 is 72.1. The van der Waals surface area contributed by atoms with Gasteiger partial charge in [-0.2, -0.15) is 13.5 Å². The van der Waals surface area contributed by atoms with Gasteiger partial charge in [0.15, 0.2) is 0 Å². The van der Waals surface area contributed by atoms with E-state index < -0.39 is 55.9 Å². The minimum Gasteiger partial charge on any atom is -0.459 e. The molecular formula is C39H47F2N3O7S2. The maximum Gasteiger partial charge on any atom is 0.328 e. The first-order chi connectivity index (χ1) is 24.4. The van der Waals surface area contributed by atoms with E-state index in [-0.39, 0.29) is 33.6 Å². The number of nitrogens with zero attached hydrogens (tertiary/aromatic N) is 1. The molecule has 6 rings (SSSR count). The predicted octanol–water partition coefficient (Wildman–Crippen LogP) is 7.77. The van der Waals surface area contributed by atoms with Crippen molar-refractivity contribution in [3.63, 3.8) is 0 Å². The third-order valence-electron chi connectivity index (χ3n) is 9.41. The van der Waals surface area contributed by atoms with Crippen LogP contribution in [0.4, 0.5) is 8.78 Å². The number of thiophene rings is 1. The SMILES string of the molecule is CC1[C@H](c2ccccc2)[C@]1(N)C(=O)OC(C)(C)C.CC1[C@H](c2ccccc2)[C@]1(NS(=O)(=O)c1ccc(-c2cc(C(C)(F)F)on2)s1)C(=O)OC(C)(C)C. The molecule has 2 fully saturated rings. The first-order valence-corrected chi connectivity index (χ1v) is 19.6. The van der Waals surface area contributed by atoms with E-state index in [1.807, 2.05) is 88.4 Å². The average molecular weight is 772 g/mol. The lowest BCUT2D eigenvalue weighted by atomic mass is 10.1. The average Bonchev–Trinajstić information content (AvgIpc) is 3.53. The Morgan fingerprint density at radius 2 is 1.32 bits per heavy atom. The maximum absolute atomic E-state index is 13.5. The van der Waals surface area contributed by atoms with Gasteiger partial charge < -0.3 is 19.7 Å². The Morgan fingerprint density at radius 3 is 1.81 bits per heavy atom. The Labute approximate surface area is 313 Å². The van der Waals surface area contributed by atoms with E-state index in [1.165, 1.54) is 12.1 Å². The normalized spacial score (nSPS) is 25.5. The molecule has 0 bridgehead atoms. The number of carbonyl (C=O) groups is 2. The highest BCUT2D eigenvalue weighted by molar-refractivity contribution is 7.91. The van der Waals surface area contributed by atoms with Gasteiger partial charge in [-0.3, -0.25) is 4.79 Å². The molecule has 4 aromatic rings. The molecule has 14 heteroatoms. The molecule has 3 N–H and O–H groups in total.